The van der Waals surface area contributed by atoms with Crippen LogP contribution < -0.4 is 5.73 Å². The largest absolute Gasteiger partial charge is 0.338 e. The second-order valence-electron chi connectivity index (χ2n) is 4.38. The number of nitrogens with two attached hydrogens (primary N) is 1. The van der Waals surface area contributed by atoms with Crippen molar-refractivity contribution in [1.29, 1.82) is 0 Å². The van der Waals surface area contributed by atoms with Crippen molar-refractivity contribution in [2.75, 3.05) is 13.6 Å². The Kier molecular flexibility index (Phi) is 3.58. The van der Waals surface area contributed by atoms with Crippen molar-refractivity contribution in [3.63, 3.8) is 0 Å². The average molecular weight is 243 g/mol. The molecule has 2 rings (SSSR count). The summed E-state index contributed by atoms with van der Waals surface area (Å²) in [6.45, 7) is 2.37. The number of aromatic nitrogens is 1. The van der Waals surface area contributed by atoms with Crippen LogP contribution in [-0.2, 0) is 0 Å². The summed E-state index contributed by atoms with van der Waals surface area (Å²) in [6, 6.07) is 9.45. The second-order valence-corrected chi connectivity index (χ2v) is 4.38. The van der Waals surface area contributed by atoms with Crippen molar-refractivity contribution in [3.8, 4) is 0 Å². The zero-order valence-corrected chi connectivity index (χ0v) is 10.6. The van der Waals surface area contributed by atoms with Crippen LogP contribution >= 0.6 is 0 Å². The first-order chi connectivity index (χ1) is 8.65. The SMILES string of the molecule is CC(CN)N(C)C(=O)c1cccc2cccnc12. The molecule has 0 aliphatic heterocycles. The summed E-state index contributed by atoms with van der Waals surface area (Å²) in [6.07, 6.45) is 1.70. The summed E-state index contributed by atoms with van der Waals surface area (Å²) in [4.78, 5) is 18.3. The second kappa shape index (κ2) is 5.14. The normalized spacial score (nSPS) is 12.4. The zero-order chi connectivity index (χ0) is 13.1. The molecule has 1 amide bonds. The molecule has 2 aromatic rings. The van der Waals surface area contributed by atoms with Gasteiger partial charge >= 0.3 is 0 Å². The molecule has 2 N–H and O–H groups in total. The van der Waals surface area contributed by atoms with Gasteiger partial charge < -0.3 is 10.6 Å². The summed E-state index contributed by atoms with van der Waals surface area (Å²) in [5.74, 6) is -0.0442. The van der Waals surface area contributed by atoms with Crippen molar-refractivity contribution >= 4 is 16.8 Å². The number of likely N-dealkylation sites (N-methyl/N-ethyl adjacent to an activating group) is 1. The molecule has 1 aromatic carbocycles. The van der Waals surface area contributed by atoms with Gasteiger partial charge in [0.1, 0.15) is 0 Å². The van der Waals surface area contributed by atoms with Crippen molar-refractivity contribution < 1.29 is 4.79 Å². The highest BCUT2D eigenvalue weighted by molar-refractivity contribution is 6.05. The van der Waals surface area contributed by atoms with E-state index in [9.17, 15) is 4.79 Å². The van der Waals surface area contributed by atoms with Gasteiger partial charge in [-0.1, -0.05) is 18.2 Å². The number of hydrogen-bond acceptors (Lipinski definition) is 3. The van der Waals surface area contributed by atoms with Crippen LogP contribution in [0.4, 0.5) is 0 Å². The minimum atomic E-state index is -0.0442. The van der Waals surface area contributed by atoms with E-state index in [-0.39, 0.29) is 11.9 Å². The molecule has 4 nitrogen and oxygen atoms in total. The molecule has 1 unspecified atom stereocenters. The molecule has 0 radical (unpaired) electrons. The Morgan fingerprint density at radius 3 is 2.83 bits per heavy atom. The van der Waals surface area contributed by atoms with E-state index in [1.165, 1.54) is 0 Å². The van der Waals surface area contributed by atoms with E-state index < -0.39 is 0 Å². The first-order valence-electron chi connectivity index (χ1n) is 5.96. The highest BCUT2D eigenvalue weighted by Crippen LogP contribution is 2.17. The number of para-hydroxylation sites is 1. The van der Waals surface area contributed by atoms with E-state index in [1.54, 1.807) is 24.2 Å². The van der Waals surface area contributed by atoms with Gasteiger partial charge in [0.2, 0.25) is 0 Å². The van der Waals surface area contributed by atoms with Gasteiger partial charge in [0.25, 0.3) is 5.91 Å². The third-order valence-corrected chi connectivity index (χ3v) is 3.19. The molecule has 0 aliphatic rings. The lowest BCUT2D eigenvalue weighted by Crippen LogP contribution is -2.39. The van der Waals surface area contributed by atoms with Gasteiger partial charge in [0.15, 0.2) is 0 Å². The van der Waals surface area contributed by atoms with Crippen molar-refractivity contribution in [1.82, 2.24) is 9.88 Å². The van der Waals surface area contributed by atoms with Crippen LogP contribution in [0, 0.1) is 0 Å². The van der Waals surface area contributed by atoms with Crippen LogP contribution in [0.2, 0.25) is 0 Å². The molecule has 0 saturated carbocycles. The monoisotopic (exact) mass is 243 g/mol. The number of rotatable bonds is 3. The van der Waals surface area contributed by atoms with Gasteiger partial charge in [-0.25, -0.2) is 0 Å². The molecular formula is C14H17N3O. The Balaban J connectivity index is 2.45. The lowest BCUT2D eigenvalue weighted by molar-refractivity contribution is 0.0750. The number of benzene rings is 1. The predicted molar refractivity (Wildman–Crippen MR) is 72.4 cm³/mol. The highest BCUT2D eigenvalue weighted by Gasteiger charge is 2.18. The van der Waals surface area contributed by atoms with Crippen LogP contribution in [0.5, 0.6) is 0 Å². The number of hydrogen-bond donors (Lipinski definition) is 1. The number of carbonyl (C=O) groups excluding carboxylic acids is 1. The molecule has 0 saturated heterocycles. The van der Waals surface area contributed by atoms with Gasteiger partial charge in [-0.2, -0.15) is 0 Å². The Morgan fingerprint density at radius 1 is 1.39 bits per heavy atom. The Hall–Kier alpha value is -1.94. The predicted octanol–water partition coefficient (Wildman–Crippen LogP) is 1.65. The maximum atomic E-state index is 12.4. The van der Waals surface area contributed by atoms with E-state index >= 15 is 0 Å². The van der Waals surface area contributed by atoms with Crippen molar-refractivity contribution in [2.24, 2.45) is 5.73 Å². The van der Waals surface area contributed by atoms with Crippen LogP contribution in [0.15, 0.2) is 36.5 Å². The first-order valence-corrected chi connectivity index (χ1v) is 5.96. The summed E-state index contributed by atoms with van der Waals surface area (Å²) < 4.78 is 0. The van der Waals surface area contributed by atoms with Gasteiger partial charge in [0.05, 0.1) is 11.1 Å². The van der Waals surface area contributed by atoms with E-state index in [0.29, 0.717) is 12.1 Å². The minimum Gasteiger partial charge on any atom is -0.338 e. The lowest BCUT2D eigenvalue weighted by Gasteiger charge is -2.24. The molecule has 0 aliphatic carbocycles. The Bertz CT molecular complexity index is 562. The minimum absolute atomic E-state index is 0.0106. The van der Waals surface area contributed by atoms with Crippen LogP contribution in [-0.4, -0.2) is 35.4 Å². The zero-order valence-electron chi connectivity index (χ0n) is 10.6. The maximum absolute atomic E-state index is 12.4. The fourth-order valence-corrected chi connectivity index (χ4v) is 1.83. The number of fused-ring (bicyclic) bond motifs is 1. The summed E-state index contributed by atoms with van der Waals surface area (Å²) in [5.41, 5.74) is 6.95. The summed E-state index contributed by atoms with van der Waals surface area (Å²) in [7, 11) is 1.77. The van der Waals surface area contributed by atoms with E-state index in [1.807, 2.05) is 31.2 Å². The van der Waals surface area contributed by atoms with Crippen molar-refractivity contribution in [2.45, 2.75) is 13.0 Å². The molecule has 4 heteroatoms. The summed E-state index contributed by atoms with van der Waals surface area (Å²) >= 11 is 0. The van der Waals surface area contributed by atoms with Crippen LogP contribution in [0.25, 0.3) is 10.9 Å². The van der Waals surface area contributed by atoms with Gasteiger partial charge in [-0.05, 0) is 19.1 Å². The number of nitrogens with zero attached hydrogens (tertiary/aromatic N) is 2. The number of carbonyl (C=O) groups is 1. The maximum Gasteiger partial charge on any atom is 0.256 e. The molecule has 1 heterocycles. The van der Waals surface area contributed by atoms with Crippen LogP contribution in [0.1, 0.15) is 17.3 Å². The quantitative estimate of drug-likeness (QED) is 0.891. The molecular weight excluding hydrogens is 226 g/mol. The molecule has 94 valence electrons. The molecule has 1 aromatic heterocycles. The Labute approximate surface area is 106 Å². The molecule has 18 heavy (non-hydrogen) atoms. The molecule has 0 fully saturated rings. The van der Waals surface area contributed by atoms with Gasteiger partial charge in [0, 0.05) is 31.2 Å². The summed E-state index contributed by atoms with van der Waals surface area (Å²) in [5, 5.41) is 0.970. The molecule has 0 spiro atoms. The topological polar surface area (TPSA) is 59.2 Å². The first kappa shape index (κ1) is 12.5. The molecule has 1 atom stereocenters. The fourth-order valence-electron chi connectivity index (χ4n) is 1.83. The van der Waals surface area contributed by atoms with Gasteiger partial charge in [-0.15, -0.1) is 0 Å². The van der Waals surface area contributed by atoms with E-state index in [2.05, 4.69) is 4.98 Å². The fraction of sp³-hybridized carbons (Fsp3) is 0.286. The van der Waals surface area contributed by atoms with Crippen LogP contribution in [0.3, 0.4) is 0 Å². The van der Waals surface area contributed by atoms with Crippen molar-refractivity contribution in [3.05, 3.63) is 42.1 Å². The third-order valence-electron chi connectivity index (χ3n) is 3.19. The highest BCUT2D eigenvalue weighted by atomic mass is 16.2. The molecule has 0 bridgehead atoms. The van der Waals surface area contributed by atoms with E-state index in [0.717, 1.165) is 10.9 Å². The number of pyridine rings is 1. The number of amides is 1. The van der Waals surface area contributed by atoms with Gasteiger partial charge in [-0.3, -0.25) is 9.78 Å². The van der Waals surface area contributed by atoms with E-state index in [4.69, 9.17) is 5.73 Å². The Morgan fingerprint density at radius 2 is 2.11 bits per heavy atom. The standard InChI is InChI=1S/C14H17N3O/c1-10(9-15)17(2)14(18)12-7-3-5-11-6-4-8-16-13(11)12/h3-8,10H,9,15H2,1-2H3. The average Bonchev–Trinajstić information content (AvgIpc) is 2.44. The lowest BCUT2D eigenvalue weighted by atomic mass is 10.1. The third kappa shape index (κ3) is 2.19. The smallest absolute Gasteiger partial charge is 0.256 e.